The Hall–Kier alpha value is -3.55. The van der Waals surface area contributed by atoms with Crippen molar-refractivity contribution in [2.45, 2.75) is 26.3 Å². The lowest BCUT2D eigenvalue weighted by atomic mass is 10.0. The van der Waals surface area contributed by atoms with E-state index in [1.165, 1.54) is 24.3 Å². The van der Waals surface area contributed by atoms with Gasteiger partial charge in [0, 0.05) is 0 Å². The van der Waals surface area contributed by atoms with Crippen LogP contribution in [0.5, 0.6) is 0 Å². The Bertz CT molecular complexity index is 1150. The third-order valence-electron chi connectivity index (χ3n) is 4.30. The summed E-state index contributed by atoms with van der Waals surface area (Å²) in [6.07, 6.45) is 0. The molecular weight excluding hydrogens is 365 g/mol. The van der Waals surface area contributed by atoms with Crippen LogP contribution < -0.4 is 11.2 Å². The van der Waals surface area contributed by atoms with Crippen molar-refractivity contribution in [3.8, 4) is 5.69 Å². The predicted molar refractivity (Wildman–Crippen MR) is 101 cm³/mol. The van der Waals surface area contributed by atoms with E-state index in [9.17, 15) is 23.9 Å². The van der Waals surface area contributed by atoms with Gasteiger partial charge < -0.3 is 5.11 Å². The fourth-order valence-electron chi connectivity index (χ4n) is 2.77. The average Bonchev–Trinajstić information content (AvgIpc) is 2.65. The Kier molecular flexibility index (Phi) is 5.21. The molecule has 3 rings (SSSR count). The Balaban J connectivity index is 2.18. The highest BCUT2D eigenvalue weighted by Crippen LogP contribution is 2.15. The monoisotopic (exact) mass is 383 g/mol. The minimum atomic E-state index is -1.55. The van der Waals surface area contributed by atoms with Crippen LogP contribution in [-0.2, 0) is 6.54 Å². The van der Waals surface area contributed by atoms with Gasteiger partial charge in [0.15, 0.2) is 0 Å². The minimum Gasteiger partial charge on any atom is -0.476 e. The van der Waals surface area contributed by atoms with Crippen LogP contribution in [0.3, 0.4) is 0 Å². The van der Waals surface area contributed by atoms with Crippen molar-refractivity contribution in [3.63, 3.8) is 0 Å². The average molecular weight is 383 g/mol. The first-order chi connectivity index (χ1) is 13.3. The van der Waals surface area contributed by atoms with Gasteiger partial charge in [0.1, 0.15) is 5.82 Å². The number of hydrogen-bond donors (Lipinski definition) is 1. The predicted octanol–water partition coefficient (Wildman–Crippen LogP) is 2.40. The Morgan fingerprint density at radius 3 is 2.39 bits per heavy atom. The Morgan fingerprint density at radius 2 is 1.82 bits per heavy atom. The molecule has 0 aliphatic carbocycles. The molecule has 0 radical (unpaired) electrons. The van der Waals surface area contributed by atoms with Crippen molar-refractivity contribution < 1.29 is 14.3 Å². The van der Waals surface area contributed by atoms with Crippen molar-refractivity contribution in [2.24, 2.45) is 0 Å². The number of hydrogen-bond acceptors (Lipinski definition) is 4. The first-order valence-electron chi connectivity index (χ1n) is 8.60. The first kappa shape index (κ1) is 19.2. The van der Waals surface area contributed by atoms with Crippen LogP contribution in [0.4, 0.5) is 4.39 Å². The highest BCUT2D eigenvalue weighted by atomic mass is 19.1. The number of nitrogens with zero attached hydrogens (tertiary/aromatic N) is 3. The van der Waals surface area contributed by atoms with Gasteiger partial charge in [-0.15, -0.1) is 0 Å². The lowest BCUT2D eigenvalue weighted by Crippen LogP contribution is -2.44. The number of halogens is 1. The molecule has 8 heteroatoms. The van der Waals surface area contributed by atoms with Gasteiger partial charge in [-0.05, 0) is 41.3 Å². The standard InChI is InChI=1S/C20H18FN3O4/c1-12(2)14-6-8-16(9-7-14)24-20(28)23(18(25)17(22-24)19(26)27)11-13-4-3-5-15(21)10-13/h3-10,12H,11H2,1-2H3,(H,26,27). The molecule has 1 heterocycles. The number of aromatic nitrogens is 3. The normalized spacial score (nSPS) is 11.0. The zero-order valence-electron chi connectivity index (χ0n) is 15.3. The van der Waals surface area contributed by atoms with E-state index in [1.54, 1.807) is 24.3 Å². The maximum Gasteiger partial charge on any atom is 0.362 e. The molecular formula is C20H18FN3O4. The molecule has 0 aliphatic rings. The molecule has 2 aromatic carbocycles. The molecule has 7 nitrogen and oxygen atoms in total. The van der Waals surface area contributed by atoms with E-state index in [1.807, 2.05) is 13.8 Å². The molecule has 0 spiro atoms. The summed E-state index contributed by atoms with van der Waals surface area (Å²) >= 11 is 0. The van der Waals surface area contributed by atoms with E-state index in [0.29, 0.717) is 11.3 Å². The SMILES string of the molecule is CC(C)c1ccc(-n2nc(C(=O)O)c(=O)n(Cc3cccc(F)c3)c2=O)cc1. The van der Waals surface area contributed by atoms with Gasteiger partial charge in [-0.2, -0.15) is 9.78 Å². The molecule has 28 heavy (non-hydrogen) atoms. The molecule has 0 saturated carbocycles. The lowest BCUT2D eigenvalue weighted by Gasteiger charge is -2.12. The van der Waals surface area contributed by atoms with Crippen molar-refractivity contribution >= 4 is 5.97 Å². The van der Waals surface area contributed by atoms with Crippen LogP contribution >= 0.6 is 0 Å². The van der Waals surface area contributed by atoms with E-state index < -0.39 is 28.7 Å². The summed E-state index contributed by atoms with van der Waals surface area (Å²) in [5, 5.41) is 13.1. The van der Waals surface area contributed by atoms with Crippen molar-refractivity contribution in [3.05, 3.63) is 92.0 Å². The first-order valence-corrected chi connectivity index (χ1v) is 8.60. The summed E-state index contributed by atoms with van der Waals surface area (Å²) in [4.78, 5) is 36.8. The number of carbonyl (C=O) groups is 1. The van der Waals surface area contributed by atoms with Crippen LogP contribution in [0.2, 0.25) is 0 Å². The fraction of sp³-hybridized carbons (Fsp3) is 0.200. The molecule has 0 unspecified atom stereocenters. The van der Waals surface area contributed by atoms with Crippen LogP contribution in [0.15, 0.2) is 58.1 Å². The molecule has 0 amide bonds. The summed E-state index contributed by atoms with van der Waals surface area (Å²) in [7, 11) is 0. The molecule has 0 aliphatic heterocycles. The summed E-state index contributed by atoms with van der Waals surface area (Å²) in [6.45, 7) is 3.75. The highest BCUT2D eigenvalue weighted by molar-refractivity contribution is 5.84. The lowest BCUT2D eigenvalue weighted by molar-refractivity contribution is 0.0684. The fourth-order valence-corrected chi connectivity index (χ4v) is 2.77. The van der Waals surface area contributed by atoms with Gasteiger partial charge in [-0.3, -0.25) is 9.36 Å². The summed E-state index contributed by atoms with van der Waals surface area (Å²) in [5.74, 6) is -1.80. The molecule has 3 aromatic rings. The van der Waals surface area contributed by atoms with Crippen molar-refractivity contribution in [1.82, 2.24) is 14.3 Å². The smallest absolute Gasteiger partial charge is 0.362 e. The second-order valence-corrected chi connectivity index (χ2v) is 6.62. The van der Waals surface area contributed by atoms with E-state index in [-0.39, 0.29) is 12.5 Å². The molecule has 144 valence electrons. The number of benzene rings is 2. The molecule has 0 bridgehead atoms. The minimum absolute atomic E-state index is 0.273. The Morgan fingerprint density at radius 1 is 1.14 bits per heavy atom. The van der Waals surface area contributed by atoms with Crippen LogP contribution in [0.25, 0.3) is 5.69 Å². The zero-order chi connectivity index (χ0) is 20.4. The zero-order valence-corrected chi connectivity index (χ0v) is 15.3. The second kappa shape index (κ2) is 7.59. The van der Waals surface area contributed by atoms with Crippen molar-refractivity contribution in [1.29, 1.82) is 0 Å². The highest BCUT2D eigenvalue weighted by Gasteiger charge is 2.20. The van der Waals surface area contributed by atoms with Gasteiger partial charge in [0.25, 0.3) is 5.56 Å². The van der Waals surface area contributed by atoms with E-state index in [0.717, 1.165) is 14.8 Å². The number of aromatic carboxylic acids is 1. The van der Waals surface area contributed by atoms with E-state index >= 15 is 0 Å². The number of rotatable bonds is 5. The number of carboxylic acid groups (broad SMARTS) is 1. The van der Waals surface area contributed by atoms with Gasteiger partial charge in [-0.1, -0.05) is 38.1 Å². The molecule has 0 saturated heterocycles. The van der Waals surface area contributed by atoms with E-state index in [2.05, 4.69) is 5.10 Å². The van der Waals surface area contributed by atoms with Crippen molar-refractivity contribution in [2.75, 3.05) is 0 Å². The quantitative estimate of drug-likeness (QED) is 0.730. The summed E-state index contributed by atoms with van der Waals surface area (Å²) in [5.41, 5.74) is -0.936. The van der Waals surface area contributed by atoms with E-state index in [4.69, 9.17) is 0 Å². The van der Waals surface area contributed by atoms with Gasteiger partial charge in [0.05, 0.1) is 12.2 Å². The molecule has 1 N–H and O–H groups in total. The summed E-state index contributed by atoms with van der Waals surface area (Å²) < 4.78 is 15.1. The van der Waals surface area contributed by atoms with Crippen LogP contribution in [0.1, 0.15) is 41.4 Å². The third kappa shape index (κ3) is 3.75. The maximum absolute atomic E-state index is 13.4. The molecule has 1 aromatic heterocycles. The van der Waals surface area contributed by atoms with Gasteiger partial charge >= 0.3 is 11.7 Å². The van der Waals surface area contributed by atoms with Crippen LogP contribution in [0, 0.1) is 5.82 Å². The topological polar surface area (TPSA) is 94.2 Å². The van der Waals surface area contributed by atoms with Gasteiger partial charge in [-0.25, -0.2) is 14.0 Å². The van der Waals surface area contributed by atoms with Gasteiger partial charge in [0.2, 0.25) is 5.69 Å². The molecule has 0 fully saturated rings. The number of carboxylic acids is 1. The third-order valence-corrected chi connectivity index (χ3v) is 4.30. The molecule has 0 atom stereocenters. The largest absolute Gasteiger partial charge is 0.476 e. The Labute approximate surface area is 159 Å². The maximum atomic E-state index is 13.4. The summed E-state index contributed by atoms with van der Waals surface area (Å²) in [6, 6.07) is 12.3. The second-order valence-electron chi connectivity index (χ2n) is 6.62. The van der Waals surface area contributed by atoms with Crippen LogP contribution in [-0.4, -0.2) is 25.4 Å².